The summed E-state index contributed by atoms with van der Waals surface area (Å²) in [6.45, 7) is 9.43. The minimum atomic E-state index is -1.05. The van der Waals surface area contributed by atoms with Crippen LogP contribution in [0.2, 0.25) is 0 Å². The van der Waals surface area contributed by atoms with E-state index in [-0.39, 0.29) is 12.2 Å². The molecule has 0 aromatic heterocycles. The summed E-state index contributed by atoms with van der Waals surface area (Å²) in [5.41, 5.74) is -0.336. The van der Waals surface area contributed by atoms with Crippen LogP contribution in [0.5, 0.6) is 0 Å². The van der Waals surface area contributed by atoms with E-state index < -0.39 is 36.5 Å². The first-order valence-electron chi connectivity index (χ1n) is 6.60. The Hall–Kier alpha value is -0.240. The van der Waals surface area contributed by atoms with E-state index in [9.17, 15) is 10.2 Å². The van der Waals surface area contributed by atoms with Gasteiger partial charge in [0.2, 0.25) is 0 Å². The molecule has 2 aliphatic heterocycles. The van der Waals surface area contributed by atoms with Crippen LogP contribution in [-0.4, -0.2) is 58.9 Å². The molecule has 6 heteroatoms. The molecule has 2 rings (SSSR count). The normalized spacial score (nSPS) is 42.2. The van der Waals surface area contributed by atoms with Crippen LogP contribution in [0, 0.1) is 0 Å². The molecule has 0 aromatic rings. The van der Waals surface area contributed by atoms with Crippen LogP contribution in [0.25, 0.3) is 0 Å². The Morgan fingerprint density at radius 2 is 1.74 bits per heavy atom. The SMILES string of the molecule is CC(C)(C)OCC1O[C@@H]2OC(C)(C)O[C@@H]2[C@@H](O)[C@@H]1O. The summed E-state index contributed by atoms with van der Waals surface area (Å²) in [7, 11) is 0. The van der Waals surface area contributed by atoms with Crippen molar-refractivity contribution >= 4 is 0 Å². The smallest absolute Gasteiger partial charge is 0.190 e. The molecule has 2 heterocycles. The van der Waals surface area contributed by atoms with Crippen molar-refractivity contribution in [3.8, 4) is 0 Å². The van der Waals surface area contributed by atoms with E-state index in [4.69, 9.17) is 18.9 Å². The maximum atomic E-state index is 10.1. The summed E-state index contributed by atoms with van der Waals surface area (Å²) in [6, 6.07) is 0. The number of hydrogen-bond acceptors (Lipinski definition) is 6. The molecule has 0 spiro atoms. The summed E-state index contributed by atoms with van der Waals surface area (Å²) in [6.07, 6.45) is -4.08. The lowest BCUT2D eigenvalue weighted by Gasteiger charge is -2.38. The maximum absolute atomic E-state index is 10.1. The molecule has 112 valence electrons. The van der Waals surface area contributed by atoms with E-state index in [0.717, 1.165) is 0 Å². The van der Waals surface area contributed by atoms with Gasteiger partial charge in [0.1, 0.15) is 24.4 Å². The van der Waals surface area contributed by atoms with Crippen molar-refractivity contribution in [2.75, 3.05) is 6.61 Å². The van der Waals surface area contributed by atoms with Crippen molar-refractivity contribution in [2.45, 2.75) is 76.7 Å². The van der Waals surface area contributed by atoms with Gasteiger partial charge < -0.3 is 29.2 Å². The number of aliphatic hydroxyl groups excluding tert-OH is 2. The lowest BCUT2D eigenvalue weighted by atomic mass is 9.99. The van der Waals surface area contributed by atoms with Crippen LogP contribution in [0.3, 0.4) is 0 Å². The average Bonchev–Trinajstić information content (AvgIpc) is 2.55. The van der Waals surface area contributed by atoms with Crippen molar-refractivity contribution in [2.24, 2.45) is 0 Å². The lowest BCUT2D eigenvalue weighted by Crippen LogP contribution is -2.58. The minimum absolute atomic E-state index is 0.189. The molecule has 0 radical (unpaired) electrons. The quantitative estimate of drug-likeness (QED) is 0.760. The predicted molar refractivity (Wildman–Crippen MR) is 66.4 cm³/mol. The zero-order chi connectivity index (χ0) is 14.4. The molecule has 6 nitrogen and oxygen atoms in total. The highest BCUT2D eigenvalue weighted by Gasteiger charge is 2.53. The zero-order valence-electron chi connectivity index (χ0n) is 12.1. The summed E-state index contributed by atoms with van der Waals surface area (Å²) in [4.78, 5) is 0. The summed E-state index contributed by atoms with van der Waals surface area (Å²) in [5.74, 6) is -0.824. The van der Waals surface area contributed by atoms with Gasteiger partial charge in [0.25, 0.3) is 0 Å². The molecule has 19 heavy (non-hydrogen) atoms. The standard InChI is InChI=1S/C13H24O6/c1-12(2,3)16-6-7-8(14)9(15)10-11(17-7)19-13(4,5)18-10/h7-11,14-15H,6H2,1-5H3/t7?,8-,9+,10-,11-/m1/s1. The predicted octanol–water partition coefficient (Wildman–Crippen LogP) is 0.400. The van der Waals surface area contributed by atoms with Gasteiger partial charge in [0.15, 0.2) is 12.1 Å². The molecule has 0 amide bonds. The molecule has 0 aromatic carbocycles. The van der Waals surface area contributed by atoms with Crippen LogP contribution >= 0.6 is 0 Å². The minimum Gasteiger partial charge on any atom is -0.387 e. The van der Waals surface area contributed by atoms with Gasteiger partial charge in [0, 0.05) is 0 Å². The Labute approximate surface area is 113 Å². The van der Waals surface area contributed by atoms with E-state index in [1.807, 2.05) is 20.8 Å². The Morgan fingerprint density at radius 3 is 2.32 bits per heavy atom. The van der Waals surface area contributed by atoms with Gasteiger partial charge in [-0.3, -0.25) is 0 Å². The molecule has 1 unspecified atom stereocenters. The van der Waals surface area contributed by atoms with E-state index >= 15 is 0 Å². The van der Waals surface area contributed by atoms with Crippen LogP contribution < -0.4 is 0 Å². The number of rotatable bonds is 2. The topological polar surface area (TPSA) is 77.4 Å². The van der Waals surface area contributed by atoms with Crippen molar-refractivity contribution in [3.05, 3.63) is 0 Å². The molecular formula is C13H24O6. The Balaban J connectivity index is 2.01. The first-order chi connectivity index (χ1) is 8.59. The van der Waals surface area contributed by atoms with Gasteiger partial charge in [-0.2, -0.15) is 0 Å². The molecule has 5 atom stereocenters. The first kappa shape index (κ1) is 15.2. The molecule has 2 fully saturated rings. The highest BCUT2D eigenvalue weighted by Crippen LogP contribution is 2.36. The first-order valence-corrected chi connectivity index (χ1v) is 6.60. The number of hydrogen-bond donors (Lipinski definition) is 2. The Bertz CT molecular complexity index is 324. The van der Waals surface area contributed by atoms with E-state index in [2.05, 4.69) is 0 Å². The number of ether oxygens (including phenoxy) is 4. The molecule has 0 bridgehead atoms. The third-order valence-electron chi connectivity index (χ3n) is 3.15. The molecule has 0 aliphatic carbocycles. The van der Waals surface area contributed by atoms with Crippen molar-refractivity contribution in [1.82, 2.24) is 0 Å². The average molecular weight is 276 g/mol. The van der Waals surface area contributed by atoms with Crippen LogP contribution in [-0.2, 0) is 18.9 Å². The fourth-order valence-electron chi connectivity index (χ4n) is 2.23. The highest BCUT2D eigenvalue weighted by atomic mass is 16.8. The second-order valence-corrected chi connectivity index (χ2v) is 6.55. The maximum Gasteiger partial charge on any atom is 0.190 e. The summed E-state index contributed by atoms with van der Waals surface area (Å²) in [5, 5.41) is 20.2. The third-order valence-corrected chi connectivity index (χ3v) is 3.15. The van der Waals surface area contributed by atoms with Gasteiger partial charge in [-0.1, -0.05) is 0 Å². The van der Waals surface area contributed by atoms with Crippen LogP contribution in [0.4, 0.5) is 0 Å². The van der Waals surface area contributed by atoms with Crippen molar-refractivity contribution in [3.63, 3.8) is 0 Å². The van der Waals surface area contributed by atoms with Gasteiger partial charge in [-0.25, -0.2) is 0 Å². The summed E-state index contributed by atoms with van der Waals surface area (Å²) >= 11 is 0. The number of aliphatic hydroxyl groups is 2. The third kappa shape index (κ3) is 3.45. The van der Waals surface area contributed by atoms with Crippen LogP contribution in [0.15, 0.2) is 0 Å². The fraction of sp³-hybridized carbons (Fsp3) is 1.00. The second kappa shape index (κ2) is 4.95. The molecule has 2 aliphatic rings. The fourth-order valence-corrected chi connectivity index (χ4v) is 2.23. The Morgan fingerprint density at radius 1 is 1.11 bits per heavy atom. The molecule has 2 saturated heterocycles. The molecular weight excluding hydrogens is 252 g/mol. The van der Waals surface area contributed by atoms with Crippen molar-refractivity contribution in [1.29, 1.82) is 0 Å². The zero-order valence-corrected chi connectivity index (χ0v) is 12.1. The Kier molecular flexibility index (Phi) is 3.94. The van der Waals surface area contributed by atoms with Gasteiger partial charge >= 0.3 is 0 Å². The van der Waals surface area contributed by atoms with E-state index in [1.165, 1.54) is 0 Å². The second-order valence-electron chi connectivity index (χ2n) is 6.55. The van der Waals surface area contributed by atoms with E-state index in [0.29, 0.717) is 0 Å². The number of fused-ring (bicyclic) bond motifs is 1. The van der Waals surface area contributed by atoms with Crippen molar-refractivity contribution < 1.29 is 29.2 Å². The lowest BCUT2D eigenvalue weighted by molar-refractivity contribution is -0.264. The van der Waals surface area contributed by atoms with Gasteiger partial charge in [0.05, 0.1) is 12.2 Å². The van der Waals surface area contributed by atoms with Gasteiger partial charge in [-0.05, 0) is 34.6 Å². The molecule has 2 N–H and O–H groups in total. The van der Waals surface area contributed by atoms with Gasteiger partial charge in [-0.15, -0.1) is 0 Å². The molecule has 0 saturated carbocycles. The van der Waals surface area contributed by atoms with Crippen LogP contribution in [0.1, 0.15) is 34.6 Å². The largest absolute Gasteiger partial charge is 0.387 e. The van der Waals surface area contributed by atoms with E-state index in [1.54, 1.807) is 13.8 Å². The highest BCUT2D eigenvalue weighted by molar-refractivity contribution is 4.94. The monoisotopic (exact) mass is 276 g/mol. The summed E-state index contributed by atoms with van der Waals surface area (Å²) < 4.78 is 22.3.